The first-order valence-electron chi connectivity index (χ1n) is 9.57. The molecule has 0 unspecified atom stereocenters. The number of hydrogen-bond acceptors (Lipinski definition) is 3. The number of aromatic amines is 1. The molecule has 0 bridgehead atoms. The number of aromatic nitrogens is 1. The van der Waals surface area contributed by atoms with Crippen molar-refractivity contribution in [1.82, 2.24) is 4.98 Å². The van der Waals surface area contributed by atoms with Gasteiger partial charge in [-0.15, -0.1) is 0 Å². The Kier molecular flexibility index (Phi) is 5.01. The molecule has 28 heavy (non-hydrogen) atoms. The minimum atomic E-state index is 0.670. The number of rotatable bonds is 6. The van der Waals surface area contributed by atoms with Crippen LogP contribution in [0.3, 0.4) is 0 Å². The van der Waals surface area contributed by atoms with Crippen LogP contribution in [0.1, 0.15) is 24.0 Å². The summed E-state index contributed by atoms with van der Waals surface area (Å²) in [7, 11) is 1.71. The molecule has 140 valence electrons. The predicted octanol–water partition coefficient (Wildman–Crippen LogP) is 5.15. The van der Waals surface area contributed by atoms with Gasteiger partial charge in [-0.3, -0.25) is 0 Å². The van der Waals surface area contributed by atoms with E-state index in [0.29, 0.717) is 12.1 Å². The number of unbranched alkanes of at least 4 members (excludes halogenated alkanes) is 1. The molecule has 0 aliphatic rings. The zero-order valence-corrected chi connectivity index (χ0v) is 16.0. The maximum absolute atomic E-state index is 9.33. The standard InChI is InChI=1S/C24H23N3O/c1-28-23-14-18-7-3-2-6-17(18)13-21(23)24-19(8-4-5-11-25)20-12-16(15-26)9-10-22(20)27-24/h2-3,6-7,9-10,12-14,27H,4-5,8,11,25H2,1H3. The van der Waals surface area contributed by atoms with Crippen molar-refractivity contribution in [2.75, 3.05) is 13.7 Å². The van der Waals surface area contributed by atoms with Crippen LogP contribution in [0.5, 0.6) is 5.75 Å². The highest BCUT2D eigenvalue weighted by Crippen LogP contribution is 2.39. The van der Waals surface area contributed by atoms with Crippen molar-refractivity contribution in [3.8, 4) is 23.1 Å². The summed E-state index contributed by atoms with van der Waals surface area (Å²) in [5, 5.41) is 12.7. The van der Waals surface area contributed by atoms with Gasteiger partial charge in [-0.05, 0) is 72.5 Å². The molecule has 4 nitrogen and oxygen atoms in total. The fourth-order valence-corrected chi connectivity index (χ4v) is 3.84. The molecule has 0 amide bonds. The molecule has 0 saturated heterocycles. The van der Waals surface area contributed by atoms with Crippen LogP contribution < -0.4 is 10.5 Å². The Morgan fingerprint density at radius 3 is 2.54 bits per heavy atom. The molecular weight excluding hydrogens is 346 g/mol. The lowest BCUT2D eigenvalue weighted by molar-refractivity contribution is 0.417. The van der Waals surface area contributed by atoms with Gasteiger partial charge in [0.25, 0.3) is 0 Å². The second kappa shape index (κ2) is 7.75. The summed E-state index contributed by atoms with van der Waals surface area (Å²) in [6, 6.07) is 20.6. The summed E-state index contributed by atoms with van der Waals surface area (Å²) >= 11 is 0. The molecule has 4 rings (SSSR count). The molecule has 4 aromatic rings. The summed E-state index contributed by atoms with van der Waals surface area (Å²) in [6.07, 6.45) is 2.87. The second-order valence-electron chi connectivity index (χ2n) is 7.00. The molecule has 0 atom stereocenters. The van der Waals surface area contributed by atoms with Crippen molar-refractivity contribution in [3.05, 3.63) is 65.7 Å². The molecule has 0 aliphatic heterocycles. The number of nitrogens with two attached hydrogens (primary N) is 1. The lowest BCUT2D eigenvalue weighted by Crippen LogP contribution is -1.99. The van der Waals surface area contributed by atoms with Crippen LogP contribution >= 0.6 is 0 Å². The van der Waals surface area contributed by atoms with Gasteiger partial charge in [-0.25, -0.2) is 0 Å². The first-order valence-corrected chi connectivity index (χ1v) is 9.57. The number of methoxy groups -OCH3 is 1. The average Bonchev–Trinajstić information content (AvgIpc) is 3.10. The zero-order valence-electron chi connectivity index (χ0n) is 16.0. The molecule has 0 spiro atoms. The normalized spacial score (nSPS) is 11.0. The van der Waals surface area contributed by atoms with Crippen molar-refractivity contribution in [3.63, 3.8) is 0 Å². The number of ether oxygens (including phenoxy) is 1. The third kappa shape index (κ3) is 3.21. The van der Waals surface area contributed by atoms with Crippen LogP contribution in [0.25, 0.3) is 32.9 Å². The van der Waals surface area contributed by atoms with Gasteiger partial charge in [0.2, 0.25) is 0 Å². The van der Waals surface area contributed by atoms with Crippen LogP contribution in [0, 0.1) is 11.3 Å². The smallest absolute Gasteiger partial charge is 0.128 e. The van der Waals surface area contributed by atoms with Crippen molar-refractivity contribution in [1.29, 1.82) is 5.26 Å². The van der Waals surface area contributed by atoms with Crippen LogP contribution in [0.15, 0.2) is 54.6 Å². The first kappa shape index (κ1) is 18.1. The van der Waals surface area contributed by atoms with Gasteiger partial charge in [0, 0.05) is 16.5 Å². The van der Waals surface area contributed by atoms with Gasteiger partial charge < -0.3 is 15.5 Å². The van der Waals surface area contributed by atoms with Gasteiger partial charge >= 0.3 is 0 Å². The van der Waals surface area contributed by atoms with E-state index in [1.165, 1.54) is 10.9 Å². The van der Waals surface area contributed by atoms with Crippen molar-refractivity contribution < 1.29 is 4.74 Å². The van der Waals surface area contributed by atoms with Crippen LogP contribution in [-0.2, 0) is 6.42 Å². The molecule has 0 fully saturated rings. The van der Waals surface area contributed by atoms with E-state index < -0.39 is 0 Å². The number of benzene rings is 3. The molecule has 0 saturated carbocycles. The van der Waals surface area contributed by atoms with E-state index in [9.17, 15) is 5.26 Å². The third-order valence-corrected chi connectivity index (χ3v) is 5.25. The topological polar surface area (TPSA) is 74.8 Å². The molecule has 0 aliphatic carbocycles. The fourth-order valence-electron chi connectivity index (χ4n) is 3.84. The monoisotopic (exact) mass is 369 g/mol. The Morgan fingerprint density at radius 2 is 1.82 bits per heavy atom. The van der Waals surface area contributed by atoms with E-state index in [0.717, 1.165) is 52.6 Å². The summed E-state index contributed by atoms with van der Waals surface area (Å²) in [4.78, 5) is 3.58. The number of nitrogens with zero attached hydrogens (tertiary/aromatic N) is 1. The SMILES string of the molecule is COc1cc2ccccc2cc1-c1[nH]c2ccc(C#N)cc2c1CCCCN. The Balaban J connectivity index is 1.95. The molecule has 4 heteroatoms. The minimum absolute atomic E-state index is 0.670. The maximum Gasteiger partial charge on any atom is 0.128 e. The highest BCUT2D eigenvalue weighted by molar-refractivity contribution is 5.96. The Hall–Kier alpha value is -3.29. The quantitative estimate of drug-likeness (QED) is 0.462. The van der Waals surface area contributed by atoms with Gasteiger partial charge in [0.15, 0.2) is 0 Å². The number of hydrogen-bond donors (Lipinski definition) is 2. The van der Waals surface area contributed by atoms with Crippen molar-refractivity contribution in [2.24, 2.45) is 5.73 Å². The van der Waals surface area contributed by atoms with E-state index >= 15 is 0 Å². The number of nitrogens with one attached hydrogen (secondary N) is 1. The van der Waals surface area contributed by atoms with Crippen LogP contribution in [0.2, 0.25) is 0 Å². The summed E-state index contributed by atoms with van der Waals surface area (Å²) in [5.41, 5.74) is 10.7. The van der Waals surface area contributed by atoms with E-state index in [2.05, 4.69) is 35.3 Å². The van der Waals surface area contributed by atoms with Crippen LogP contribution in [-0.4, -0.2) is 18.6 Å². The Morgan fingerprint density at radius 1 is 1.04 bits per heavy atom. The number of fused-ring (bicyclic) bond motifs is 2. The summed E-state index contributed by atoms with van der Waals surface area (Å²) < 4.78 is 5.74. The maximum atomic E-state index is 9.33. The average molecular weight is 369 g/mol. The largest absolute Gasteiger partial charge is 0.496 e. The van der Waals surface area contributed by atoms with Gasteiger partial charge in [-0.1, -0.05) is 24.3 Å². The van der Waals surface area contributed by atoms with E-state index in [1.807, 2.05) is 30.3 Å². The lowest BCUT2D eigenvalue weighted by atomic mass is 9.97. The van der Waals surface area contributed by atoms with Gasteiger partial charge in [0.1, 0.15) is 5.75 Å². The van der Waals surface area contributed by atoms with Gasteiger partial charge in [0.05, 0.1) is 24.4 Å². The predicted molar refractivity (Wildman–Crippen MR) is 115 cm³/mol. The molecular formula is C24H23N3O. The Bertz CT molecular complexity index is 1180. The number of H-pyrrole nitrogens is 1. The van der Waals surface area contributed by atoms with Crippen molar-refractivity contribution >= 4 is 21.7 Å². The van der Waals surface area contributed by atoms with Crippen molar-refractivity contribution in [2.45, 2.75) is 19.3 Å². The van der Waals surface area contributed by atoms with E-state index in [4.69, 9.17) is 10.5 Å². The molecule has 1 heterocycles. The number of aryl methyl sites for hydroxylation is 1. The third-order valence-electron chi connectivity index (χ3n) is 5.25. The second-order valence-corrected chi connectivity index (χ2v) is 7.00. The summed E-state index contributed by atoms with van der Waals surface area (Å²) in [5.74, 6) is 0.839. The number of nitriles is 1. The highest BCUT2D eigenvalue weighted by Gasteiger charge is 2.17. The summed E-state index contributed by atoms with van der Waals surface area (Å²) in [6.45, 7) is 0.681. The highest BCUT2D eigenvalue weighted by atomic mass is 16.5. The lowest BCUT2D eigenvalue weighted by Gasteiger charge is -2.12. The first-order chi connectivity index (χ1) is 13.7. The molecule has 1 aromatic heterocycles. The van der Waals surface area contributed by atoms with E-state index in [-0.39, 0.29) is 0 Å². The molecule has 3 N–H and O–H groups in total. The fraction of sp³-hybridized carbons (Fsp3) is 0.208. The van der Waals surface area contributed by atoms with E-state index in [1.54, 1.807) is 7.11 Å². The minimum Gasteiger partial charge on any atom is -0.496 e. The Labute approximate surface area is 164 Å². The van der Waals surface area contributed by atoms with Gasteiger partial charge in [-0.2, -0.15) is 5.26 Å². The zero-order chi connectivity index (χ0) is 19.5. The van der Waals surface area contributed by atoms with Crippen LogP contribution in [0.4, 0.5) is 0 Å². The molecule has 3 aromatic carbocycles. The molecule has 0 radical (unpaired) electrons.